The largest absolute Gasteiger partial charge is 0.376 e. The number of hydrogen-bond donors (Lipinski definition) is 0. The van der Waals surface area contributed by atoms with Crippen molar-refractivity contribution in [2.24, 2.45) is 0 Å². The van der Waals surface area contributed by atoms with Crippen LogP contribution in [0.1, 0.15) is 18.5 Å². The summed E-state index contributed by atoms with van der Waals surface area (Å²) in [7, 11) is 0. The van der Waals surface area contributed by atoms with E-state index in [2.05, 4.69) is 43.5 Å². The maximum absolute atomic E-state index is 5.86. The molecule has 0 amide bonds. The molecule has 0 bridgehead atoms. The Balaban J connectivity index is 1.40. The van der Waals surface area contributed by atoms with Crippen molar-refractivity contribution in [1.82, 2.24) is 24.1 Å². The van der Waals surface area contributed by atoms with Crippen LogP contribution in [-0.4, -0.2) is 36.9 Å². The van der Waals surface area contributed by atoms with Crippen LogP contribution in [0, 0.1) is 0 Å². The Kier molecular flexibility index (Phi) is 4.69. The van der Waals surface area contributed by atoms with Gasteiger partial charge >= 0.3 is 0 Å². The van der Waals surface area contributed by atoms with Crippen LogP contribution in [0.4, 0.5) is 0 Å². The summed E-state index contributed by atoms with van der Waals surface area (Å²) < 4.78 is 10.1. The van der Waals surface area contributed by atoms with Crippen LogP contribution in [0.2, 0.25) is 0 Å². The summed E-state index contributed by atoms with van der Waals surface area (Å²) in [5.74, 6) is 1.69. The summed E-state index contributed by atoms with van der Waals surface area (Å²) in [5.41, 5.74) is 2.00. The number of nitrogens with zero attached hydrogens (tertiary/aromatic N) is 5. The lowest BCUT2D eigenvalue weighted by atomic mass is 10.2. The van der Waals surface area contributed by atoms with Crippen molar-refractivity contribution in [3.8, 4) is 10.7 Å². The Morgan fingerprint density at radius 2 is 2.22 bits per heavy atom. The fourth-order valence-electron chi connectivity index (χ4n) is 3.34. The minimum absolute atomic E-state index is 0.245. The second kappa shape index (κ2) is 7.46. The first-order valence-corrected chi connectivity index (χ1v) is 10.9. The van der Waals surface area contributed by atoms with E-state index >= 15 is 0 Å². The highest BCUT2D eigenvalue weighted by atomic mass is 32.2. The minimum Gasteiger partial charge on any atom is -0.376 e. The molecule has 4 aromatic heterocycles. The van der Waals surface area contributed by atoms with Crippen LogP contribution in [-0.2, 0) is 17.0 Å². The summed E-state index contributed by atoms with van der Waals surface area (Å²) in [4.78, 5) is 5.82. The molecule has 5 rings (SSSR count). The number of thioether (sulfide) groups is 1. The fourth-order valence-corrected chi connectivity index (χ4v) is 4.88. The van der Waals surface area contributed by atoms with Crippen molar-refractivity contribution in [3.05, 3.63) is 53.8 Å². The number of aromatic nitrogens is 5. The highest BCUT2D eigenvalue weighted by Crippen LogP contribution is 2.30. The van der Waals surface area contributed by atoms with Gasteiger partial charge < -0.3 is 9.14 Å². The average Bonchev–Trinajstić information content (AvgIpc) is 3.47. The molecule has 6 nitrogen and oxygen atoms in total. The first-order valence-electron chi connectivity index (χ1n) is 9.01. The molecule has 0 saturated carbocycles. The first-order chi connectivity index (χ1) is 13.4. The molecule has 27 heavy (non-hydrogen) atoms. The third-order valence-corrected chi connectivity index (χ3v) is 6.50. The van der Waals surface area contributed by atoms with Crippen LogP contribution in [0.15, 0.2) is 53.3 Å². The van der Waals surface area contributed by atoms with E-state index in [1.165, 1.54) is 0 Å². The van der Waals surface area contributed by atoms with Gasteiger partial charge in [0.15, 0.2) is 11.0 Å². The summed E-state index contributed by atoms with van der Waals surface area (Å²) in [6, 6.07) is 10.2. The summed E-state index contributed by atoms with van der Waals surface area (Å²) in [6.45, 7) is 1.65. The molecule has 1 aliphatic heterocycles. The molecule has 4 aromatic rings. The molecular weight excluding hydrogens is 378 g/mol. The number of hydrogen-bond acceptors (Lipinski definition) is 6. The Morgan fingerprint density at radius 1 is 1.22 bits per heavy atom. The lowest BCUT2D eigenvalue weighted by Crippen LogP contribution is -2.16. The van der Waals surface area contributed by atoms with Gasteiger partial charge in [0.05, 0.1) is 23.2 Å². The lowest BCUT2D eigenvalue weighted by molar-refractivity contribution is 0.0953. The molecule has 0 radical (unpaired) electrons. The van der Waals surface area contributed by atoms with Crippen molar-refractivity contribution < 1.29 is 4.74 Å². The number of ether oxygens (including phenoxy) is 1. The highest BCUT2D eigenvalue weighted by Gasteiger charge is 2.22. The molecule has 8 heteroatoms. The molecule has 1 saturated heterocycles. The van der Waals surface area contributed by atoms with E-state index in [0.29, 0.717) is 0 Å². The number of imidazole rings is 1. The van der Waals surface area contributed by atoms with Gasteiger partial charge in [-0.15, -0.1) is 21.5 Å². The molecule has 1 atom stereocenters. The topological polar surface area (TPSA) is 57.2 Å². The van der Waals surface area contributed by atoms with E-state index in [4.69, 9.17) is 4.74 Å². The van der Waals surface area contributed by atoms with Crippen LogP contribution in [0.3, 0.4) is 0 Å². The zero-order chi connectivity index (χ0) is 18.1. The van der Waals surface area contributed by atoms with Crippen LogP contribution in [0.25, 0.3) is 16.3 Å². The van der Waals surface area contributed by atoms with Gasteiger partial charge in [-0.2, -0.15) is 0 Å². The molecule has 0 N–H and O–H groups in total. The van der Waals surface area contributed by atoms with Gasteiger partial charge in [-0.05, 0) is 36.4 Å². The smallest absolute Gasteiger partial charge is 0.191 e. The molecule has 0 aromatic carbocycles. The number of thiophene rings is 1. The Labute approximate surface area is 165 Å². The van der Waals surface area contributed by atoms with Crippen LogP contribution in [0.5, 0.6) is 0 Å². The van der Waals surface area contributed by atoms with Gasteiger partial charge in [-0.3, -0.25) is 4.57 Å². The van der Waals surface area contributed by atoms with Crippen molar-refractivity contribution >= 4 is 28.7 Å². The molecule has 1 fully saturated rings. The maximum atomic E-state index is 5.86. The maximum Gasteiger partial charge on any atom is 0.191 e. The number of rotatable bonds is 6. The van der Waals surface area contributed by atoms with Gasteiger partial charge in [-0.25, -0.2) is 4.98 Å². The summed E-state index contributed by atoms with van der Waals surface area (Å²) in [5, 5.41) is 11.9. The third kappa shape index (κ3) is 3.52. The standard InChI is InChI=1S/C19H19N5OS2/c1-2-8-23-11-14(20-17(23)7-1)13-27-19-22-21-18(16-6-4-10-26-16)24(19)12-15-5-3-9-25-15/h1-2,4,6-8,10-11,15H,3,5,9,12-13H2. The SMILES string of the molecule is c1csc(-c2nnc(SCc3cn4ccccc4n3)n2CC2CCCO2)c1. The van der Waals surface area contributed by atoms with Crippen LogP contribution < -0.4 is 0 Å². The van der Waals surface area contributed by atoms with Gasteiger partial charge in [-0.1, -0.05) is 23.9 Å². The molecule has 0 aliphatic carbocycles. The van der Waals surface area contributed by atoms with Gasteiger partial charge in [0.25, 0.3) is 0 Å². The molecular formula is C19H19N5OS2. The van der Waals surface area contributed by atoms with E-state index in [1.54, 1.807) is 23.1 Å². The fraction of sp³-hybridized carbons (Fsp3) is 0.316. The van der Waals surface area contributed by atoms with E-state index in [-0.39, 0.29) is 6.10 Å². The number of fused-ring (bicyclic) bond motifs is 1. The van der Waals surface area contributed by atoms with E-state index < -0.39 is 0 Å². The zero-order valence-electron chi connectivity index (χ0n) is 14.7. The lowest BCUT2D eigenvalue weighted by Gasteiger charge is -2.14. The minimum atomic E-state index is 0.245. The van der Waals surface area contributed by atoms with E-state index in [1.807, 2.05) is 28.8 Å². The van der Waals surface area contributed by atoms with E-state index in [0.717, 1.165) is 58.9 Å². The quantitative estimate of drug-likeness (QED) is 0.458. The van der Waals surface area contributed by atoms with Crippen molar-refractivity contribution in [3.63, 3.8) is 0 Å². The highest BCUT2D eigenvalue weighted by molar-refractivity contribution is 7.98. The van der Waals surface area contributed by atoms with Gasteiger partial charge in [0, 0.05) is 24.8 Å². The zero-order valence-corrected chi connectivity index (χ0v) is 16.3. The predicted molar refractivity (Wildman–Crippen MR) is 107 cm³/mol. The predicted octanol–water partition coefficient (Wildman–Crippen LogP) is 4.13. The normalized spacial score (nSPS) is 17.1. The second-order valence-electron chi connectivity index (χ2n) is 6.52. The van der Waals surface area contributed by atoms with Crippen molar-refractivity contribution in [2.45, 2.75) is 36.4 Å². The molecule has 1 aliphatic rings. The summed E-state index contributed by atoms with van der Waals surface area (Å²) >= 11 is 3.37. The van der Waals surface area contributed by atoms with Gasteiger partial charge in [0.1, 0.15) is 5.65 Å². The van der Waals surface area contributed by atoms with E-state index in [9.17, 15) is 0 Å². The first kappa shape index (κ1) is 17.0. The molecule has 1 unspecified atom stereocenters. The summed E-state index contributed by atoms with van der Waals surface area (Å²) in [6.07, 6.45) is 6.56. The van der Waals surface area contributed by atoms with Crippen molar-refractivity contribution in [2.75, 3.05) is 6.61 Å². The van der Waals surface area contributed by atoms with Crippen LogP contribution >= 0.6 is 23.1 Å². The third-order valence-electron chi connectivity index (χ3n) is 4.63. The molecule has 5 heterocycles. The molecule has 138 valence electrons. The van der Waals surface area contributed by atoms with Crippen molar-refractivity contribution in [1.29, 1.82) is 0 Å². The Morgan fingerprint density at radius 3 is 3.04 bits per heavy atom. The Hall–Kier alpha value is -2.16. The monoisotopic (exact) mass is 397 g/mol. The Bertz CT molecular complexity index is 1000. The number of pyridine rings is 1. The van der Waals surface area contributed by atoms with Gasteiger partial charge in [0.2, 0.25) is 0 Å². The second-order valence-corrected chi connectivity index (χ2v) is 8.41. The average molecular weight is 398 g/mol. The molecule has 0 spiro atoms.